The van der Waals surface area contributed by atoms with Gasteiger partial charge in [-0.3, -0.25) is 9.59 Å². The summed E-state index contributed by atoms with van der Waals surface area (Å²) in [6, 6.07) is 14.6. The molecule has 0 bridgehead atoms. The summed E-state index contributed by atoms with van der Waals surface area (Å²) in [5, 5.41) is 5.92. The highest BCUT2D eigenvalue weighted by Crippen LogP contribution is 2.16. The van der Waals surface area contributed by atoms with Gasteiger partial charge in [-0.1, -0.05) is 19.4 Å². The molecule has 0 heterocycles. The lowest BCUT2D eigenvalue weighted by Gasteiger charge is -2.19. The Labute approximate surface area is 173 Å². The molecule has 0 radical (unpaired) electrons. The quantitative estimate of drug-likeness (QED) is 0.552. The number of hydrogen-bond acceptors (Lipinski definition) is 4. The molecule has 0 aliphatic rings. The minimum Gasteiger partial charge on any atom is -0.494 e. The van der Waals surface area contributed by atoms with Gasteiger partial charge in [-0.05, 0) is 62.7 Å². The molecule has 0 saturated carbocycles. The molecule has 2 amide bonds. The van der Waals surface area contributed by atoms with Crippen molar-refractivity contribution in [2.24, 2.45) is 0 Å². The monoisotopic (exact) mass is 397 g/mol. The van der Waals surface area contributed by atoms with Crippen LogP contribution < -0.4 is 15.4 Å². The Bertz CT molecular complexity index is 786. The molecular formula is C23H31N3O3. The minimum atomic E-state index is -0.162. The fraction of sp³-hybridized carbons (Fsp3) is 0.391. The first kappa shape index (κ1) is 22.3. The number of rotatable bonds is 11. The summed E-state index contributed by atoms with van der Waals surface area (Å²) >= 11 is 0. The lowest BCUT2D eigenvalue weighted by atomic mass is 10.1. The van der Waals surface area contributed by atoms with Crippen molar-refractivity contribution in [1.82, 2.24) is 4.90 Å². The van der Waals surface area contributed by atoms with E-state index in [1.165, 1.54) is 0 Å². The van der Waals surface area contributed by atoms with Crippen LogP contribution in [0.5, 0.6) is 5.75 Å². The largest absolute Gasteiger partial charge is 0.494 e. The average Bonchev–Trinajstić information content (AvgIpc) is 2.75. The van der Waals surface area contributed by atoms with Crippen LogP contribution in [0, 0.1) is 0 Å². The highest BCUT2D eigenvalue weighted by atomic mass is 16.5. The van der Waals surface area contributed by atoms with Gasteiger partial charge < -0.3 is 20.3 Å². The second-order valence-electron chi connectivity index (χ2n) is 6.69. The van der Waals surface area contributed by atoms with Crippen molar-refractivity contribution in [3.63, 3.8) is 0 Å². The predicted octanol–water partition coefficient (Wildman–Crippen LogP) is 4.40. The van der Waals surface area contributed by atoms with Crippen molar-refractivity contribution in [3.8, 4) is 5.75 Å². The number of amides is 2. The summed E-state index contributed by atoms with van der Waals surface area (Å²) in [7, 11) is 0. The maximum Gasteiger partial charge on any atom is 0.253 e. The summed E-state index contributed by atoms with van der Waals surface area (Å²) in [5.74, 6) is 0.624. The maximum absolute atomic E-state index is 12.5. The molecule has 0 fully saturated rings. The van der Waals surface area contributed by atoms with E-state index in [2.05, 4.69) is 17.6 Å². The van der Waals surface area contributed by atoms with Crippen LogP contribution in [0.4, 0.5) is 11.4 Å². The Morgan fingerprint density at radius 3 is 2.34 bits per heavy atom. The van der Waals surface area contributed by atoms with Crippen molar-refractivity contribution >= 4 is 23.2 Å². The molecule has 2 rings (SSSR count). The third kappa shape index (κ3) is 7.14. The third-order valence-electron chi connectivity index (χ3n) is 4.52. The molecule has 0 spiro atoms. The van der Waals surface area contributed by atoms with E-state index in [1.54, 1.807) is 17.0 Å². The molecule has 2 aromatic carbocycles. The fourth-order valence-corrected chi connectivity index (χ4v) is 2.81. The Kier molecular flexibility index (Phi) is 9.02. The SMILES string of the molecule is CCCCOc1ccc(NC(=O)CNc2cccc(C(=O)N(CC)CC)c2)cc1. The summed E-state index contributed by atoms with van der Waals surface area (Å²) in [6.07, 6.45) is 2.11. The summed E-state index contributed by atoms with van der Waals surface area (Å²) in [4.78, 5) is 26.4. The zero-order valence-corrected chi connectivity index (χ0v) is 17.5. The first-order valence-electron chi connectivity index (χ1n) is 10.2. The van der Waals surface area contributed by atoms with Gasteiger partial charge in [0.05, 0.1) is 13.2 Å². The molecule has 6 heteroatoms. The number of nitrogens with one attached hydrogen (secondary N) is 2. The summed E-state index contributed by atoms with van der Waals surface area (Å²) in [5.41, 5.74) is 2.06. The zero-order valence-electron chi connectivity index (χ0n) is 17.5. The van der Waals surface area contributed by atoms with Gasteiger partial charge in [-0.2, -0.15) is 0 Å². The zero-order chi connectivity index (χ0) is 21.1. The molecule has 2 N–H and O–H groups in total. The Hall–Kier alpha value is -3.02. The van der Waals surface area contributed by atoms with Gasteiger partial charge in [0.2, 0.25) is 5.91 Å². The number of ether oxygens (including phenoxy) is 1. The molecule has 0 aliphatic carbocycles. The number of benzene rings is 2. The van der Waals surface area contributed by atoms with E-state index in [-0.39, 0.29) is 18.4 Å². The van der Waals surface area contributed by atoms with Crippen molar-refractivity contribution < 1.29 is 14.3 Å². The molecule has 0 aromatic heterocycles. The van der Waals surface area contributed by atoms with Crippen LogP contribution in [0.25, 0.3) is 0 Å². The lowest BCUT2D eigenvalue weighted by Crippen LogP contribution is -2.30. The van der Waals surface area contributed by atoms with Gasteiger partial charge in [-0.25, -0.2) is 0 Å². The van der Waals surface area contributed by atoms with E-state index in [1.807, 2.05) is 50.2 Å². The molecule has 156 valence electrons. The number of anilines is 2. The number of carbonyl (C=O) groups is 2. The molecule has 29 heavy (non-hydrogen) atoms. The lowest BCUT2D eigenvalue weighted by molar-refractivity contribution is -0.114. The summed E-state index contributed by atoms with van der Waals surface area (Å²) < 4.78 is 5.62. The predicted molar refractivity (Wildman–Crippen MR) is 118 cm³/mol. The van der Waals surface area contributed by atoms with E-state index >= 15 is 0 Å². The van der Waals surface area contributed by atoms with Crippen LogP contribution in [-0.4, -0.2) is 43.0 Å². The second-order valence-corrected chi connectivity index (χ2v) is 6.69. The Balaban J connectivity index is 1.86. The van der Waals surface area contributed by atoms with Crippen molar-refractivity contribution in [2.75, 3.05) is 36.9 Å². The van der Waals surface area contributed by atoms with Gasteiger partial charge >= 0.3 is 0 Å². The normalized spacial score (nSPS) is 10.3. The Morgan fingerprint density at radius 1 is 0.966 bits per heavy atom. The molecular weight excluding hydrogens is 366 g/mol. The van der Waals surface area contributed by atoms with Crippen LogP contribution in [-0.2, 0) is 4.79 Å². The molecule has 6 nitrogen and oxygen atoms in total. The van der Waals surface area contributed by atoms with Crippen molar-refractivity contribution in [2.45, 2.75) is 33.6 Å². The van der Waals surface area contributed by atoms with Crippen molar-refractivity contribution in [1.29, 1.82) is 0 Å². The molecule has 2 aromatic rings. The number of nitrogens with zero attached hydrogens (tertiary/aromatic N) is 1. The molecule has 0 atom stereocenters. The van der Waals surface area contributed by atoms with Gasteiger partial charge in [0.15, 0.2) is 0 Å². The topological polar surface area (TPSA) is 70.7 Å². The maximum atomic E-state index is 12.5. The first-order valence-corrected chi connectivity index (χ1v) is 10.2. The molecule has 0 unspecified atom stereocenters. The molecule has 0 aliphatic heterocycles. The smallest absolute Gasteiger partial charge is 0.253 e. The van der Waals surface area contributed by atoms with E-state index in [9.17, 15) is 9.59 Å². The Morgan fingerprint density at radius 2 is 1.69 bits per heavy atom. The van der Waals surface area contributed by atoms with Crippen LogP contribution in [0.1, 0.15) is 44.0 Å². The summed E-state index contributed by atoms with van der Waals surface area (Å²) in [6.45, 7) is 8.17. The van der Waals surface area contributed by atoms with Gasteiger partial charge in [0.1, 0.15) is 5.75 Å². The fourth-order valence-electron chi connectivity index (χ4n) is 2.81. The van der Waals surface area contributed by atoms with Crippen LogP contribution >= 0.6 is 0 Å². The van der Waals surface area contributed by atoms with Crippen LogP contribution in [0.2, 0.25) is 0 Å². The standard InChI is InChI=1S/C23H31N3O3/c1-4-7-15-29-21-13-11-19(12-14-21)25-22(27)17-24-20-10-8-9-18(16-20)23(28)26(5-2)6-3/h8-14,16,24H,4-7,15,17H2,1-3H3,(H,25,27). The van der Waals surface area contributed by atoms with Gasteiger partial charge in [-0.15, -0.1) is 0 Å². The first-order chi connectivity index (χ1) is 14.1. The third-order valence-corrected chi connectivity index (χ3v) is 4.52. The van der Waals surface area contributed by atoms with Gasteiger partial charge in [0.25, 0.3) is 5.91 Å². The minimum absolute atomic E-state index is 0.00986. The number of hydrogen-bond donors (Lipinski definition) is 2. The average molecular weight is 398 g/mol. The van der Waals surface area contributed by atoms with E-state index < -0.39 is 0 Å². The van der Waals surface area contributed by atoms with E-state index in [4.69, 9.17) is 4.74 Å². The van der Waals surface area contributed by atoms with Gasteiger partial charge in [0, 0.05) is 30.0 Å². The highest BCUT2D eigenvalue weighted by Gasteiger charge is 2.12. The van der Waals surface area contributed by atoms with Crippen LogP contribution in [0.15, 0.2) is 48.5 Å². The van der Waals surface area contributed by atoms with Crippen molar-refractivity contribution in [3.05, 3.63) is 54.1 Å². The van der Waals surface area contributed by atoms with Crippen LogP contribution in [0.3, 0.4) is 0 Å². The van der Waals surface area contributed by atoms with E-state index in [0.717, 1.165) is 24.3 Å². The molecule has 0 saturated heterocycles. The number of carbonyl (C=O) groups excluding carboxylic acids is 2. The number of unbranched alkanes of at least 4 members (excludes halogenated alkanes) is 1. The van der Waals surface area contributed by atoms with E-state index in [0.29, 0.717) is 30.9 Å². The second kappa shape index (κ2) is 11.7. The highest BCUT2D eigenvalue weighted by molar-refractivity contribution is 5.96.